The molecule has 1 spiro atoms. The number of anilines is 3. The average molecular weight is 703 g/mol. The predicted molar refractivity (Wildman–Crippen MR) is 228 cm³/mol. The van der Waals surface area contributed by atoms with E-state index in [-0.39, 0.29) is 5.41 Å². The molecule has 4 aliphatic rings. The molecule has 8 aromatic rings. The second-order valence-electron chi connectivity index (χ2n) is 15.7. The monoisotopic (exact) mass is 702 g/mol. The van der Waals surface area contributed by atoms with Gasteiger partial charge in [0.15, 0.2) is 0 Å². The van der Waals surface area contributed by atoms with E-state index in [0.717, 1.165) is 5.69 Å². The number of hydrogen-bond acceptors (Lipinski definition) is 1. The maximum absolute atomic E-state index is 2.52. The summed E-state index contributed by atoms with van der Waals surface area (Å²) < 4.78 is 2.38. The molecule has 260 valence electrons. The molecular formula is C53H38N2. The molecule has 3 atom stereocenters. The molecule has 0 bridgehead atoms. The molecule has 3 aliphatic carbocycles. The van der Waals surface area contributed by atoms with Crippen LogP contribution in [0.25, 0.3) is 55.5 Å². The molecular weight excluding hydrogens is 665 g/mol. The summed E-state index contributed by atoms with van der Waals surface area (Å²) in [5.74, 6) is 0.789. The summed E-state index contributed by atoms with van der Waals surface area (Å²) >= 11 is 0. The topological polar surface area (TPSA) is 8.17 Å². The molecule has 2 heteroatoms. The summed E-state index contributed by atoms with van der Waals surface area (Å²) in [6, 6.07) is 61.5. The SMILES string of the molecule is C[C@@H]1C=CC=C2C1c1ccccc1C21c2ccccc2-c2ccc(-c3cccc(N4c5ccccc5-c5c(n(C)c6ccccc56)-c5ccccc54)c3)cc21. The Morgan fingerprint density at radius 2 is 1.22 bits per heavy atom. The molecule has 0 radical (unpaired) electrons. The zero-order valence-electron chi connectivity index (χ0n) is 30.9. The zero-order valence-corrected chi connectivity index (χ0v) is 30.9. The van der Waals surface area contributed by atoms with E-state index < -0.39 is 0 Å². The summed E-state index contributed by atoms with van der Waals surface area (Å²) in [6.45, 7) is 2.38. The fourth-order valence-corrected chi connectivity index (χ4v) is 10.9. The normalized spacial score (nSPS) is 19.5. The fraction of sp³-hybridized carbons (Fsp3) is 0.0943. The molecule has 12 rings (SSSR count). The highest BCUT2D eigenvalue weighted by Gasteiger charge is 2.55. The minimum atomic E-state index is -0.322. The lowest BCUT2D eigenvalue weighted by molar-refractivity contribution is 0.588. The van der Waals surface area contributed by atoms with Crippen LogP contribution in [0.2, 0.25) is 0 Å². The molecule has 0 N–H and O–H groups in total. The lowest BCUT2D eigenvalue weighted by Crippen LogP contribution is -2.28. The number of nitrogens with zero attached hydrogens (tertiary/aromatic N) is 2. The van der Waals surface area contributed by atoms with Crippen molar-refractivity contribution >= 4 is 28.0 Å². The Balaban J connectivity index is 1.07. The van der Waals surface area contributed by atoms with Gasteiger partial charge < -0.3 is 9.47 Å². The van der Waals surface area contributed by atoms with Gasteiger partial charge in [-0.1, -0.05) is 153 Å². The second-order valence-corrected chi connectivity index (χ2v) is 15.7. The van der Waals surface area contributed by atoms with Crippen LogP contribution in [0, 0.1) is 5.92 Å². The Kier molecular flexibility index (Phi) is 6.27. The Bertz CT molecular complexity index is 2990. The number of benzene rings is 7. The molecule has 1 aromatic heterocycles. The molecule has 1 aliphatic heterocycles. The van der Waals surface area contributed by atoms with Crippen molar-refractivity contribution in [2.45, 2.75) is 18.3 Å². The minimum absolute atomic E-state index is 0.322. The van der Waals surface area contributed by atoms with Gasteiger partial charge in [-0.2, -0.15) is 0 Å². The van der Waals surface area contributed by atoms with E-state index >= 15 is 0 Å². The van der Waals surface area contributed by atoms with E-state index in [0.29, 0.717) is 11.8 Å². The predicted octanol–water partition coefficient (Wildman–Crippen LogP) is 13.5. The highest BCUT2D eigenvalue weighted by molar-refractivity contribution is 6.12. The molecule has 0 fully saturated rings. The van der Waals surface area contributed by atoms with Gasteiger partial charge in [-0.15, -0.1) is 0 Å². The maximum atomic E-state index is 2.52. The van der Waals surface area contributed by atoms with Gasteiger partial charge >= 0.3 is 0 Å². The third kappa shape index (κ3) is 3.94. The van der Waals surface area contributed by atoms with Crippen LogP contribution < -0.4 is 4.90 Å². The van der Waals surface area contributed by atoms with Crippen molar-refractivity contribution in [3.8, 4) is 44.6 Å². The van der Waals surface area contributed by atoms with Gasteiger partial charge in [0, 0.05) is 46.2 Å². The highest BCUT2D eigenvalue weighted by Crippen LogP contribution is 2.66. The number of aromatic nitrogens is 1. The van der Waals surface area contributed by atoms with E-state index in [1.165, 1.54) is 94.7 Å². The van der Waals surface area contributed by atoms with Gasteiger partial charge in [-0.05, 0) is 92.4 Å². The average Bonchev–Trinajstić information content (AvgIpc) is 3.79. The van der Waals surface area contributed by atoms with Gasteiger partial charge in [-0.25, -0.2) is 0 Å². The Morgan fingerprint density at radius 1 is 0.545 bits per heavy atom. The highest BCUT2D eigenvalue weighted by atomic mass is 15.2. The van der Waals surface area contributed by atoms with Gasteiger partial charge in [0.2, 0.25) is 0 Å². The molecule has 7 aromatic carbocycles. The van der Waals surface area contributed by atoms with Crippen LogP contribution >= 0.6 is 0 Å². The van der Waals surface area contributed by atoms with Gasteiger partial charge in [0.05, 0.1) is 22.5 Å². The van der Waals surface area contributed by atoms with E-state index in [1.54, 1.807) is 0 Å². The van der Waals surface area contributed by atoms with Crippen molar-refractivity contribution in [2.75, 3.05) is 4.90 Å². The molecule has 0 saturated heterocycles. The quantitative estimate of drug-likeness (QED) is 0.174. The van der Waals surface area contributed by atoms with Crippen molar-refractivity contribution in [3.63, 3.8) is 0 Å². The number of hydrogen-bond donors (Lipinski definition) is 0. The number of fused-ring (bicyclic) bond motifs is 17. The van der Waals surface area contributed by atoms with Crippen molar-refractivity contribution in [1.82, 2.24) is 4.57 Å². The molecule has 2 unspecified atom stereocenters. The first-order valence-corrected chi connectivity index (χ1v) is 19.5. The van der Waals surface area contributed by atoms with Crippen molar-refractivity contribution in [3.05, 3.63) is 210 Å². The number of para-hydroxylation sites is 3. The molecule has 2 heterocycles. The van der Waals surface area contributed by atoms with Crippen LogP contribution in [0.15, 0.2) is 188 Å². The summed E-state index contributed by atoms with van der Waals surface area (Å²) in [5, 5.41) is 1.28. The minimum Gasteiger partial charge on any atom is -0.343 e. The number of allylic oxidation sites excluding steroid dienone is 4. The Morgan fingerprint density at radius 3 is 2.09 bits per heavy atom. The standard InChI is InChI=1S/C53H38N2/c1-33-15-13-25-45-50(33)39-19-4-9-24-44(39)53(45)43-23-8-3-18-37(43)38-30-29-35(32-46(38)53)34-16-14-17-36(31-34)55-48-27-11-6-21-41(48)51-40-20-5-10-26-47(40)54(2)52(51)42-22-7-12-28-49(42)55/h3-33,50H,1-2H3/t33-,50?,53?/m1/s1. The number of rotatable bonds is 2. The molecule has 2 nitrogen and oxygen atoms in total. The lowest BCUT2D eigenvalue weighted by atomic mass is 9.67. The van der Waals surface area contributed by atoms with Crippen LogP contribution in [0.4, 0.5) is 17.1 Å². The van der Waals surface area contributed by atoms with Crippen molar-refractivity contribution in [1.29, 1.82) is 0 Å². The van der Waals surface area contributed by atoms with E-state index in [9.17, 15) is 0 Å². The van der Waals surface area contributed by atoms with Gasteiger partial charge in [-0.3, -0.25) is 0 Å². The summed E-state index contributed by atoms with van der Waals surface area (Å²) in [4.78, 5) is 2.48. The first-order chi connectivity index (χ1) is 27.1. The van der Waals surface area contributed by atoms with Crippen LogP contribution in [0.3, 0.4) is 0 Å². The smallest absolute Gasteiger partial charge is 0.0685 e. The lowest BCUT2D eigenvalue weighted by Gasteiger charge is -2.34. The third-order valence-corrected chi connectivity index (χ3v) is 13.1. The fourth-order valence-electron chi connectivity index (χ4n) is 10.9. The van der Waals surface area contributed by atoms with Gasteiger partial charge in [0.1, 0.15) is 0 Å². The van der Waals surface area contributed by atoms with E-state index in [1.807, 2.05) is 0 Å². The summed E-state index contributed by atoms with van der Waals surface area (Å²) in [5.41, 5.74) is 21.8. The summed E-state index contributed by atoms with van der Waals surface area (Å²) in [7, 11) is 2.21. The van der Waals surface area contributed by atoms with Crippen LogP contribution in [-0.2, 0) is 12.5 Å². The molecule has 0 amide bonds. The molecule has 0 saturated carbocycles. The van der Waals surface area contributed by atoms with E-state index in [4.69, 9.17) is 0 Å². The van der Waals surface area contributed by atoms with Gasteiger partial charge in [0.25, 0.3) is 0 Å². The second kappa shape index (κ2) is 11.2. The van der Waals surface area contributed by atoms with Crippen LogP contribution in [0.5, 0.6) is 0 Å². The van der Waals surface area contributed by atoms with Crippen LogP contribution in [-0.4, -0.2) is 4.57 Å². The Labute approximate surface area is 322 Å². The van der Waals surface area contributed by atoms with E-state index in [2.05, 4.69) is 205 Å². The maximum Gasteiger partial charge on any atom is 0.0685 e. The summed E-state index contributed by atoms with van der Waals surface area (Å²) in [6.07, 6.45) is 7.11. The van der Waals surface area contributed by atoms with Crippen LogP contribution in [0.1, 0.15) is 35.1 Å². The first kappa shape index (κ1) is 30.8. The number of aryl methyl sites for hydroxylation is 1. The molecule has 55 heavy (non-hydrogen) atoms. The first-order valence-electron chi connectivity index (χ1n) is 19.5. The third-order valence-electron chi connectivity index (χ3n) is 13.1. The largest absolute Gasteiger partial charge is 0.343 e. The zero-order chi connectivity index (χ0) is 36.4. The van der Waals surface area contributed by atoms with Crippen molar-refractivity contribution < 1.29 is 0 Å². The van der Waals surface area contributed by atoms with Crippen molar-refractivity contribution in [2.24, 2.45) is 13.0 Å². The Hall–Kier alpha value is -6.64.